The summed E-state index contributed by atoms with van der Waals surface area (Å²) in [5.41, 5.74) is 0. The summed E-state index contributed by atoms with van der Waals surface area (Å²) in [5.74, 6) is 0. The molecule has 0 saturated heterocycles. The monoisotopic (exact) mass is 282 g/mol. The molecule has 0 spiro atoms. The van der Waals surface area contributed by atoms with E-state index in [2.05, 4.69) is 23.8 Å². The van der Waals surface area contributed by atoms with E-state index in [4.69, 9.17) is 0 Å². The molecular formula is C16H30N2O2. The molecule has 4 nitrogen and oxygen atoms in total. The van der Waals surface area contributed by atoms with Gasteiger partial charge in [0.2, 0.25) is 12.2 Å². The van der Waals surface area contributed by atoms with Gasteiger partial charge in [-0.05, 0) is 12.8 Å². The average Bonchev–Trinajstić information content (AvgIpc) is 2.47. The summed E-state index contributed by atoms with van der Waals surface area (Å²) in [7, 11) is 0. The molecule has 0 unspecified atom stereocenters. The van der Waals surface area contributed by atoms with Crippen molar-refractivity contribution in [2.45, 2.75) is 78.1 Å². The molecule has 0 N–H and O–H groups in total. The van der Waals surface area contributed by atoms with E-state index in [0.29, 0.717) is 13.1 Å². The van der Waals surface area contributed by atoms with E-state index >= 15 is 0 Å². The van der Waals surface area contributed by atoms with Gasteiger partial charge < -0.3 is 0 Å². The summed E-state index contributed by atoms with van der Waals surface area (Å²) in [6.45, 7) is 5.68. The Hall–Kier alpha value is -1.24. The van der Waals surface area contributed by atoms with Gasteiger partial charge >= 0.3 is 0 Å². The van der Waals surface area contributed by atoms with Crippen LogP contribution < -0.4 is 0 Å². The molecule has 0 heterocycles. The van der Waals surface area contributed by atoms with E-state index in [1.807, 2.05) is 0 Å². The average molecular weight is 282 g/mol. The molecule has 0 rings (SSSR count). The van der Waals surface area contributed by atoms with Crippen molar-refractivity contribution in [3.63, 3.8) is 0 Å². The van der Waals surface area contributed by atoms with Crippen LogP contribution in [0.25, 0.3) is 0 Å². The summed E-state index contributed by atoms with van der Waals surface area (Å²) >= 11 is 0. The summed E-state index contributed by atoms with van der Waals surface area (Å²) in [4.78, 5) is 26.1. The molecule has 0 bridgehead atoms. The highest BCUT2D eigenvalue weighted by Crippen LogP contribution is 2.04. The smallest absolute Gasteiger partial charge is 0.211 e. The second-order valence-electron chi connectivity index (χ2n) is 4.77. The number of unbranched alkanes of at least 4 members (excludes halogenated alkanes) is 8. The molecule has 116 valence electrons. The molecule has 4 heteroatoms. The van der Waals surface area contributed by atoms with Gasteiger partial charge in [0.25, 0.3) is 0 Å². The molecule has 20 heavy (non-hydrogen) atoms. The van der Waals surface area contributed by atoms with Gasteiger partial charge in [-0.1, -0.05) is 65.2 Å². The predicted molar refractivity (Wildman–Crippen MR) is 83.5 cm³/mol. The Morgan fingerprint density at radius 1 is 0.600 bits per heavy atom. The largest absolute Gasteiger partial charge is 0.234 e. The fourth-order valence-electron chi connectivity index (χ4n) is 1.68. The first kappa shape index (κ1) is 21.1. The molecule has 0 atom stereocenters. The van der Waals surface area contributed by atoms with E-state index < -0.39 is 0 Å². The number of hydrogen-bond acceptors (Lipinski definition) is 4. The summed E-state index contributed by atoms with van der Waals surface area (Å²) in [6, 6.07) is 0. The fourth-order valence-corrected chi connectivity index (χ4v) is 1.68. The topological polar surface area (TPSA) is 58.9 Å². The van der Waals surface area contributed by atoms with Crippen molar-refractivity contribution in [1.29, 1.82) is 0 Å². The van der Waals surface area contributed by atoms with Crippen LogP contribution in [0.15, 0.2) is 9.98 Å². The van der Waals surface area contributed by atoms with E-state index in [1.165, 1.54) is 57.4 Å². The first-order valence-electron chi connectivity index (χ1n) is 7.90. The van der Waals surface area contributed by atoms with Gasteiger partial charge in [-0.25, -0.2) is 19.6 Å². The van der Waals surface area contributed by atoms with Gasteiger partial charge in [0.1, 0.15) is 0 Å². The molecule has 0 fully saturated rings. The maximum Gasteiger partial charge on any atom is 0.234 e. The van der Waals surface area contributed by atoms with E-state index in [9.17, 15) is 9.59 Å². The third-order valence-electron chi connectivity index (χ3n) is 2.88. The molecule has 0 aromatic rings. The van der Waals surface area contributed by atoms with Crippen molar-refractivity contribution >= 4 is 12.2 Å². The van der Waals surface area contributed by atoms with Crippen LogP contribution in [0.1, 0.15) is 78.1 Å². The van der Waals surface area contributed by atoms with Gasteiger partial charge in [0.05, 0.1) is 13.1 Å². The molecule has 0 aromatic heterocycles. The lowest BCUT2D eigenvalue weighted by atomic mass is 10.1. The first-order chi connectivity index (χ1) is 9.83. The zero-order valence-corrected chi connectivity index (χ0v) is 13.2. The Morgan fingerprint density at radius 3 is 1.35 bits per heavy atom. The van der Waals surface area contributed by atoms with E-state index in [0.717, 1.165) is 12.8 Å². The lowest BCUT2D eigenvalue weighted by Gasteiger charge is -1.95. The summed E-state index contributed by atoms with van der Waals surface area (Å²) in [5, 5.41) is 0. The van der Waals surface area contributed by atoms with Crippen molar-refractivity contribution in [2.75, 3.05) is 13.1 Å². The molecule has 0 aliphatic heterocycles. The SMILES string of the molecule is CCCCCCCCN=C=O.CCCCCCN=C=O. The number of isocyanates is 2. The number of nitrogens with zero attached hydrogens (tertiary/aromatic N) is 2. The van der Waals surface area contributed by atoms with Crippen LogP contribution in [0.3, 0.4) is 0 Å². The van der Waals surface area contributed by atoms with Crippen LogP contribution >= 0.6 is 0 Å². The number of rotatable bonds is 12. The molecule has 0 saturated carbocycles. The molecule has 0 amide bonds. The minimum absolute atomic E-state index is 0.656. The predicted octanol–water partition coefficient (Wildman–Crippen LogP) is 4.59. The Labute approximate surface area is 123 Å². The van der Waals surface area contributed by atoms with Crippen LogP contribution in [0, 0.1) is 0 Å². The Kier molecular flexibility index (Phi) is 24.1. The van der Waals surface area contributed by atoms with Crippen LogP contribution in [0.4, 0.5) is 0 Å². The molecule has 0 aliphatic rings. The molecule has 0 aromatic carbocycles. The van der Waals surface area contributed by atoms with Crippen LogP contribution in [0.5, 0.6) is 0 Å². The zero-order chi connectivity index (χ0) is 15.3. The highest BCUT2D eigenvalue weighted by Gasteiger charge is 1.87. The minimum atomic E-state index is 0.656. The van der Waals surface area contributed by atoms with Crippen LogP contribution in [-0.4, -0.2) is 25.2 Å². The quantitative estimate of drug-likeness (QED) is 0.299. The van der Waals surface area contributed by atoms with Crippen molar-refractivity contribution < 1.29 is 9.59 Å². The van der Waals surface area contributed by atoms with Crippen molar-refractivity contribution in [3.8, 4) is 0 Å². The highest BCUT2D eigenvalue weighted by atomic mass is 16.1. The van der Waals surface area contributed by atoms with Crippen molar-refractivity contribution in [1.82, 2.24) is 0 Å². The molecular weight excluding hydrogens is 252 g/mol. The molecule has 0 aliphatic carbocycles. The summed E-state index contributed by atoms with van der Waals surface area (Å²) in [6.07, 6.45) is 15.2. The van der Waals surface area contributed by atoms with Gasteiger partial charge in [-0.2, -0.15) is 0 Å². The number of carbonyl (C=O) groups excluding carboxylic acids is 2. The van der Waals surface area contributed by atoms with Gasteiger partial charge in [-0.3, -0.25) is 0 Å². The maximum atomic E-state index is 9.65. The minimum Gasteiger partial charge on any atom is -0.211 e. The second kappa shape index (κ2) is 22.9. The first-order valence-corrected chi connectivity index (χ1v) is 7.90. The van der Waals surface area contributed by atoms with E-state index in [-0.39, 0.29) is 0 Å². The van der Waals surface area contributed by atoms with Crippen molar-refractivity contribution in [2.24, 2.45) is 9.98 Å². The lowest BCUT2D eigenvalue weighted by molar-refractivity contribution is 0.560. The standard InChI is InChI=1S/C9H17NO.C7H13NO/c1-2-3-4-5-6-7-8-10-9-11;1-2-3-4-5-6-8-7-9/h2-8H2,1H3;2-6H2,1H3. The van der Waals surface area contributed by atoms with E-state index in [1.54, 1.807) is 6.08 Å². The molecule has 0 radical (unpaired) electrons. The normalized spacial score (nSPS) is 8.90. The van der Waals surface area contributed by atoms with Gasteiger partial charge in [0.15, 0.2) is 0 Å². The van der Waals surface area contributed by atoms with Gasteiger partial charge in [-0.15, -0.1) is 0 Å². The Morgan fingerprint density at radius 2 is 0.950 bits per heavy atom. The van der Waals surface area contributed by atoms with Gasteiger partial charge in [0, 0.05) is 0 Å². The second-order valence-corrected chi connectivity index (χ2v) is 4.77. The zero-order valence-electron chi connectivity index (χ0n) is 13.2. The fraction of sp³-hybridized carbons (Fsp3) is 0.875. The van der Waals surface area contributed by atoms with Crippen LogP contribution in [-0.2, 0) is 9.59 Å². The third kappa shape index (κ3) is 25.6. The van der Waals surface area contributed by atoms with Crippen LogP contribution in [0.2, 0.25) is 0 Å². The Bertz CT molecular complexity index is 268. The van der Waals surface area contributed by atoms with Crippen molar-refractivity contribution in [3.05, 3.63) is 0 Å². The third-order valence-corrected chi connectivity index (χ3v) is 2.88. The maximum absolute atomic E-state index is 9.65. The number of aliphatic imine (C=N–C) groups is 2. The number of hydrogen-bond donors (Lipinski definition) is 0. The lowest BCUT2D eigenvalue weighted by Crippen LogP contribution is -1.81. The highest BCUT2D eigenvalue weighted by molar-refractivity contribution is 5.32. The Balaban J connectivity index is 0. The summed E-state index contributed by atoms with van der Waals surface area (Å²) < 4.78 is 0.